The van der Waals surface area contributed by atoms with Crippen molar-refractivity contribution in [3.63, 3.8) is 0 Å². The highest BCUT2D eigenvalue weighted by molar-refractivity contribution is 5.65. The van der Waals surface area contributed by atoms with Crippen molar-refractivity contribution >= 4 is 0 Å². The zero-order valence-corrected chi connectivity index (χ0v) is 13.4. The fraction of sp³-hybridized carbons (Fsp3) is 0.400. The summed E-state index contributed by atoms with van der Waals surface area (Å²) in [6, 6.07) is 15.8. The smallest absolute Gasteiger partial charge is 0.0165 e. The lowest BCUT2D eigenvalue weighted by Gasteiger charge is -2.19. The Morgan fingerprint density at radius 3 is 1.95 bits per heavy atom. The Hall–Kier alpha value is -1.56. The number of aryl methyl sites for hydroxylation is 2. The van der Waals surface area contributed by atoms with E-state index in [9.17, 15) is 0 Å². The molecule has 0 aliphatic heterocycles. The van der Waals surface area contributed by atoms with Crippen LogP contribution in [0.15, 0.2) is 42.5 Å². The fourth-order valence-corrected chi connectivity index (χ4v) is 2.66. The zero-order valence-electron chi connectivity index (χ0n) is 13.4. The van der Waals surface area contributed by atoms with Gasteiger partial charge in [0.05, 0.1) is 0 Å². The molecule has 0 bridgehead atoms. The molecule has 0 aliphatic carbocycles. The fourth-order valence-electron chi connectivity index (χ4n) is 2.66. The molecule has 0 spiro atoms. The van der Waals surface area contributed by atoms with Crippen LogP contribution in [-0.2, 0) is 6.42 Å². The molecule has 0 aromatic heterocycles. The van der Waals surface area contributed by atoms with Gasteiger partial charge in [-0.2, -0.15) is 0 Å². The van der Waals surface area contributed by atoms with Crippen molar-refractivity contribution in [1.82, 2.24) is 0 Å². The summed E-state index contributed by atoms with van der Waals surface area (Å²) in [5, 5.41) is 0. The molecule has 0 heteroatoms. The highest BCUT2D eigenvalue weighted by Crippen LogP contribution is 2.30. The normalized spacial score (nSPS) is 12.7. The van der Waals surface area contributed by atoms with Crippen LogP contribution in [0.1, 0.15) is 50.3 Å². The highest BCUT2D eigenvalue weighted by atomic mass is 14.2. The first-order valence-corrected chi connectivity index (χ1v) is 7.72. The molecule has 0 saturated heterocycles. The van der Waals surface area contributed by atoms with Gasteiger partial charge in [0.1, 0.15) is 0 Å². The number of hydrogen-bond acceptors (Lipinski definition) is 0. The standard InChI is InChI=1S/C20H26/c1-6-17-7-9-18(10-8-17)19-11-12-20(15(4)13-19)16(5)14(2)3/h7-14,16H,6H2,1-5H3. The maximum atomic E-state index is 2.33. The van der Waals surface area contributed by atoms with E-state index >= 15 is 0 Å². The lowest BCUT2D eigenvalue weighted by molar-refractivity contribution is 0.533. The molecule has 1 unspecified atom stereocenters. The molecule has 0 nitrogen and oxygen atoms in total. The Bertz CT molecular complexity index is 561. The van der Waals surface area contributed by atoms with Gasteiger partial charge < -0.3 is 0 Å². The van der Waals surface area contributed by atoms with Crippen molar-refractivity contribution in [3.05, 3.63) is 59.2 Å². The maximum Gasteiger partial charge on any atom is -0.0165 e. The van der Waals surface area contributed by atoms with E-state index in [2.05, 4.69) is 77.1 Å². The van der Waals surface area contributed by atoms with Crippen LogP contribution in [0.4, 0.5) is 0 Å². The van der Waals surface area contributed by atoms with Crippen LogP contribution >= 0.6 is 0 Å². The van der Waals surface area contributed by atoms with Crippen LogP contribution in [0, 0.1) is 12.8 Å². The molecule has 106 valence electrons. The molecule has 0 radical (unpaired) electrons. The summed E-state index contributed by atoms with van der Waals surface area (Å²) in [7, 11) is 0. The minimum absolute atomic E-state index is 0.617. The first-order chi connectivity index (χ1) is 9.52. The average molecular weight is 266 g/mol. The van der Waals surface area contributed by atoms with Gasteiger partial charge in [0.25, 0.3) is 0 Å². The van der Waals surface area contributed by atoms with Gasteiger partial charge in [0, 0.05) is 0 Å². The van der Waals surface area contributed by atoms with Crippen LogP contribution in [0.2, 0.25) is 0 Å². The molecule has 20 heavy (non-hydrogen) atoms. The Morgan fingerprint density at radius 1 is 0.850 bits per heavy atom. The zero-order chi connectivity index (χ0) is 14.7. The second-order valence-electron chi connectivity index (χ2n) is 6.15. The highest BCUT2D eigenvalue weighted by Gasteiger charge is 2.12. The summed E-state index contributed by atoms with van der Waals surface area (Å²) in [4.78, 5) is 0. The van der Waals surface area contributed by atoms with E-state index in [-0.39, 0.29) is 0 Å². The topological polar surface area (TPSA) is 0 Å². The molecular formula is C20H26. The molecule has 0 saturated carbocycles. The third kappa shape index (κ3) is 3.12. The predicted octanol–water partition coefficient (Wildman–Crippen LogP) is 5.98. The van der Waals surface area contributed by atoms with Crippen LogP contribution < -0.4 is 0 Å². The third-order valence-electron chi connectivity index (χ3n) is 4.46. The van der Waals surface area contributed by atoms with Gasteiger partial charge in [-0.3, -0.25) is 0 Å². The van der Waals surface area contributed by atoms with E-state index in [1.165, 1.54) is 27.8 Å². The lowest BCUT2D eigenvalue weighted by atomic mass is 9.86. The quantitative estimate of drug-likeness (QED) is 0.638. The van der Waals surface area contributed by atoms with Crippen molar-refractivity contribution < 1.29 is 0 Å². The summed E-state index contributed by atoms with van der Waals surface area (Å²) in [5.41, 5.74) is 6.92. The van der Waals surface area contributed by atoms with Gasteiger partial charge >= 0.3 is 0 Å². The first-order valence-electron chi connectivity index (χ1n) is 7.72. The molecule has 0 aliphatic rings. The van der Waals surface area contributed by atoms with Crippen molar-refractivity contribution in [3.8, 4) is 11.1 Å². The molecule has 2 rings (SSSR count). The number of benzene rings is 2. The molecule has 2 aromatic carbocycles. The van der Waals surface area contributed by atoms with Crippen molar-refractivity contribution in [1.29, 1.82) is 0 Å². The van der Waals surface area contributed by atoms with Gasteiger partial charge in [-0.15, -0.1) is 0 Å². The van der Waals surface area contributed by atoms with Gasteiger partial charge in [0.15, 0.2) is 0 Å². The first kappa shape index (κ1) is 14.8. The number of hydrogen-bond donors (Lipinski definition) is 0. The summed E-state index contributed by atoms with van der Waals surface area (Å²) in [6.07, 6.45) is 1.10. The van der Waals surface area contributed by atoms with Crippen LogP contribution in [-0.4, -0.2) is 0 Å². The maximum absolute atomic E-state index is 2.33. The molecule has 0 amide bonds. The second-order valence-corrected chi connectivity index (χ2v) is 6.15. The predicted molar refractivity (Wildman–Crippen MR) is 89.2 cm³/mol. The largest absolute Gasteiger partial charge is 0.0622 e. The summed E-state index contributed by atoms with van der Waals surface area (Å²) >= 11 is 0. The van der Waals surface area contributed by atoms with Crippen LogP contribution in [0.25, 0.3) is 11.1 Å². The molecule has 0 N–H and O–H groups in total. The van der Waals surface area contributed by atoms with Crippen molar-refractivity contribution in [2.45, 2.75) is 47.0 Å². The summed E-state index contributed by atoms with van der Waals surface area (Å²) in [5.74, 6) is 1.30. The van der Waals surface area contributed by atoms with Gasteiger partial charge in [-0.05, 0) is 53.0 Å². The van der Waals surface area contributed by atoms with Crippen LogP contribution in [0.5, 0.6) is 0 Å². The molecule has 0 fully saturated rings. The molecule has 2 aromatic rings. The van der Waals surface area contributed by atoms with Gasteiger partial charge in [-0.1, -0.05) is 70.2 Å². The summed E-state index contributed by atoms with van der Waals surface area (Å²) < 4.78 is 0. The van der Waals surface area contributed by atoms with Gasteiger partial charge in [-0.25, -0.2) is 0 Å². The number of rotatable bonds is 4. The molecule has 1 atom stereocenters. The van der Waals surface area contributed by atoms with E-state index in [1.807, 2.05) is 0 Å². The average Bonchev–Trinajstić information content (AvgIpc) is 2.46. The Kier molecular flexibility index (Phi) is 4.65. The van der Waals surface area contributed by atoms with E-state index in [0.717, 1.165) is 6.42 Å². The van der Waals surface area contributed by atoms with Crippen LogP contribution in [0.3, 0.4) is 0 Å². The second kappa shape index (κ2) is 6.26. The monoisotopic (exact) mass is 266 g/mol. The van der Waals surface area contributed by atoms with E-state index in [4.69, 9.17) is 0 Å². The Morgan fingerprint density at radius 2 is 1.45 bits per heavy atom. The van der Waals surface area contributed by atoms with Crippen molar-refractivity contribution in [2.24, 2.45) is 5.92 Å². The Labute approximate surface area is 123 Å². The molecular weight excluding hydrogens is 240 g/mol. The Balaban J connectivity index is 2.32. The lowest BCUT2D eigenvalue weighted by Crippen LogP contribution is -2.04. The van der Waals surface area contributed by atoms with Gasteiger partial charge in [0.2, 0.25) is 0 Å². The van der Waals surface area contributed by atoms with E-state index in [0.29, 0.717) is 11.8 Å². The minimum Gasteiger partial charge on any atom is -0.0622 e. The SMILES string of the molecule is CCc1ccc(-c2ccc(C(C)C(C)C)c(C)c2)cc1. The molecule has 0 heterocycles. The minimum atomic E-state index is 0.617. The van der Waals surface area contributed by atoms with E-state index < -0.39 is 0 Å². The summed E-state index contributed by atoms with van der Waals surface area (Å²) in [6.45, 7) is 11.3. The van der Waals surface area contributed by atoms with E-state index in [1.54, 1.807) is 0 Å². The van der Waals surface area contributed by atoms with Crippen molar-refractivity contribution in [2.75, 3.05) is 0 Å². The third-order valence-corrected chi connectivity index (χ3v) is 4.46.